The second-order valence-corrected chi connectivity index (χ2v) is 4.23. The van der Waals surface area contributed by atoms with E-state index in [1.807, 2.05) is 23.7 Å². The molecule has 2 aromatic rings. The van der Waals surface area contributed by atoms with Gasteiger partial charge in [-0.3, -0.25) is 4.68 Å². The molecule has 0 unspecified atom stereocenters. The van der Waals surface area contributed by atoms with Crippen molar-refractivity contribution in [3.8, 4) is 11.5 Å². The van der Waals surface area contributed by atoms with Crippen LogP contribution in [-0.4, -0.2) is 19.7 Å². The van der Waals surface area contributed by atoms with Gasteiger partial charge in [0.1, 0.15) is 11.5 Å². The fraction of sp³-hybridized carbons (Fsp3) is 0.417. The van der Waals surface area contributed by atoms with Crippen molar-refractivity contribution in [1.29, 1.82) is 0 Å². The fourth-order valence-electron chi connectivity index (χ4n) is 1.67. The predicted octanol–water partition coefficient (Wildman–Crippen LogP) is 2.07. The van der Waals surface area contributed by atoms with Crippen LogP contribution in [0.5, 0.6) is 0 Å². The zero-order valence-electron chi connectivity index (χ0n) is 10.4. The molecule has 0 saturated heterocycles. The van der Waals surface area contributed by atoms with E-state index < -0.39 is 0 Å². The molecule has 0 amide bonds. The maximum absolute atomic E-state index is 5.81. The number of nitrogen functional groups attached to an aromatic ring is 1. The van der Waals surface area contributed by atoms with Gasteiger partial charge in [0.05, 0.1) is 0 Å². The van der Waals surface area contributed by atoms with Gasteiger partial charge in [-0.2, -0.15) is 5.10 Å². The molecule has 0 bridgehead atoms. The van der Waals surface area contributed by atoms with E-state index in [-0.39, 0.29) is 0 Å². The summed E-state index contributed by atoms with van der Waals surface area (Å²) in [5, 5.41) is 4.21. The van der Waals surface area contributed by atoms with Crippen LogP contribution in [0, 0.1) is 0 Å². The lowest BCUT2D eigenvalue weighted by atomic mass is 10.1. The normalized spacial score (nSPS) is 11.1. The molecule has 0 saturated carbocycles. The van der Waals surface area contributed by atoms with E-state index >= 15 is 0 Å². The Morgan fingerprint density at radius 1 is 1.35 bits per heavy atom. The molecule has 2 N–H and O–H groups in total. The number of aromatic nitrogens is 4. The minimum Gasteiger partial charge on any atom is -0.384 e. The SMILES string of the molecule is CCn1nccc1-c1nc(N)cc(C(C)C)n1. The summed E-state index contributed by atoms with van der Waals surface area (Å²) in [7, 11) is 0. The highest BCUT2D eigenvalue weighted by atomic mass is 15.3. The first-order valence-corrected chi connectivity index (χ1v) is 5.78. The molecule has 0 radical (unpaired) electrons. The molecule has 2 heterocycles. The first kappa shape index (κ1) is 11.6. The van der Waals surface area contributed by atoms with Crippen molar-refractivity contribution in [3.63, 3.8) is 0 Å². The first-order chi connectivity index (χ1) is 8.11. The lowest BCUT2D eigenvalue weighted by Crippen LogP contribution is -2.05. The second kappa shape index (κ2) is 4.53. The van der Waals surface area contributed by atoms with Crippen LogP contribution in [-0.2, 0) is 6.54 Å². The minimum absolute atomic E-state index is 0.331. The van der Waals surface area contributed by atoms with Crippen LogP contribution >= 0.6 is 0 Å². The summed E-state index contributed by atoms with van der Waals surface area (Å²) in [4.78, 5) is 8.81. The van der Waals surface area contributed by atoms with E-state index in [2.05, 4.69) is 28.9 Å². The van der Waals surface area contributed by atoms with Gasteiger partial charge in [0, 0.05) is 24.5 Å². The minimum atomic E-state index is 0.331. The van der Waals surface area contributed by atoms with Gasteiger partial charge in [-0.1, -0.05) is 13.8 Å². The van der Waals surface area contributed by atoms with E-state index in [1.165, 1.54) is 0 Å². The Bertz CT molecular complexity index is 515. The lowest BCUT2D eigenvalue weighted by Gasteiger charge is -2.09. The maximum Gasteiger partial charge on any atom is 0.180 e. The molecule has 2 rings (SSSR count). The van der Waals surface area contributed by atoms with Crippen molar-refractivity contribution in [2.45, 2.75) is 33.2 Å². The highest BCUT2D eigenvalue weighted by Gasteiger charge is 2.11. The molecule has 0 atom stereocenters. The summed E-state index contributed by atoms with van der Waals surface area (Å²) in [5.41, 5.74) is 7.67. The molecule has 90 valence electrons. The van der Waals surface area contributed by atoms with Crippen LogP contribution < -0.4 is 5.73 Å². The highest BCUT2D eigenvalue weighted by Crippen LogP contribution is 2.20. The van der Waals surface area contributed by atoms with E-state index in [0.29, 0.717) is 17.6 Å². The number of rotatable bonds is 3. The zero-order valence-corrected chi connectivity index (χ0v) is 10.4. The van der Waals surface area contributed by atoms with Gasteiger partial charge in [0.2, 0.25) is 0 Å². The standard InChI is InChI=1S/C12H17N5/c1-4-17-10(5-6-14-17)12-15-9(8(2)3)7-11(13)16-12/h5-8H,4H2,1-3H3,(H2,13,15,16). The van der Waals surface area contributed by atoms with Crippen LogP contribution in [0.1, 0.15) is 32.4 Å². The summed E-state index contributed by atoms with van der Waals surface area (Å²) < 4.78 is 1.86. The quantitative estimate of drug-likeness (QED) is 0.877. The van der Waals surface area contributed by atoms with Crippen molar-refractivity contribution in [2.75, 3.05) is 5.73 Å². The third kappa shape index (κ3) is 2.27. The molecule has 2 aromatic heterocycles. The monoisotopic (exact) mass is 231 g/mol. The van der Waals surface area contributed by atoms with Gasteiger partial charge in [-0.15, -0.1) is 0 Å². The van der Waals surface area contributed by atoms with Gasteiger partial charge in [0.25, 0.3) is 0 Å². The van der Waals surface area contributed by atoms with Crippen molar-refractivity contribution in [2.24, 2.45) is 0 Å². The zero-order chi connectivity index (χ0) is 12.4. The number of nitrogens with zero attached hydrogens (tertiary/aromatic N) is 4. The molecule has 0 aliphatic rings. The number of hydrogen-bond acceptors (Lipinski definition) is 4. The molecule has 5 heteroatoms. The molecular formula is C12H17N5. The summed E-state index contributed by atoms with van der Waals surface area (Å²) in [6.45, 7) is 7.00. The predicted molar refractivity (Wildman–Crippen MR) is 67.4 cm³/mol. The second-order valence-electron chi connectivity index (χ2n) is 4.23. The number of nitrogens with two attached hydrogens (primary N) is 1. The van der Waals surface area contributed by atoms with Gasteiger partial charge in [0.15, 0.2) is 5.82 Å². The number of hydrogen-bond donors (Lipinski definition) is 1. The Kier molecular flexibility index (Phi) is 3.08. The van der Waals surface area contributed by atoms with Crippen molar-refractivity contribution < 1.29 is 0 Å². The van der Waals surface area contributed by atoms with Gasteiger partial charge < -0.3 is 5.73 Å². The van der Waals surface area contributed by atoms with Crippen LogP contribution in [0.2, 0.25) is 0 Å². The Morgan fingerprint density at radius 2 is 2.12 bits per heavy atom. The van der Waals surface area contributed by atoms with Gasteiger partial charge >= 0.3 is 0 Å². The molecule has 0 aliphatic heterocycles. The van der Waals surface area contributed by atoms with E-state index in [4.69, 9.17) is 5.73 Å². The van der Waals surface area contributed by atoms with Crippen molar-refractivity contribution in [1.82, 2.24) is 19.7 Å². The third-order valence-corrected chi connectivity index (χ3v) is 2.60. The summed E-state index contributed by atoms with van der Waals surface area (Å²) >= 11 is 0. The van der Waals surface area contributed by atoms with E-state index in [1.54, 1.807) is 6.20 Å². The molecule has 0 spiro atoms. The summed E-state index contributed by atoms with van der Waals surface area (Å²) in [5.74, 6) is 1.48. The molecule has 0 aliphatic carbocycles. The average Bonchev–Trinajstić information content (AvgIpc) is 2.76. The fourth-order valence-corrected chi connectivity index (χ4v) is 1.67. The Balaban J connectivity index is 2.52. The first-order valence-electron chi connectivity index (χ1n) is 5.78. The summed E-state index contributed by atoms with van der Waals surface area (Å²) in [6.07, 6.45) is 1.75. The molecule has 5 nitrogen and oxygen atoms in total. The average molecular weight is 231 g/mol. The highest BCUT2D eigenvalue weighted by molar-refractivity contribution is 5.52. The smallest absolute Gasteiger partial charge is 0.180 e. The van der Waals surface area contributed by atoms with E-state index in [0.717, 1.165) is 17.9 Å². The van der Waals surface area contributed by atoms with Crippen LogP contribution in [0.25, 0.3) is 11.5 Å². The largest absolute Gasteiger partial charge is 0.384 e. The Morgan fingerprint density at radius 3 is 2.76 bits per heavy atom. The third-order valence-electron chi connectivity index (χ3n) is 2.60. The van der Waals surface area contributed by atoms with Crippen LogP contribution in [0.15, 0.2) is 18.3 Å². The van der Waals surface area contributed by atoms with Crippen LogP contribution in [0.4, 0.5) is 5.82 Å². The maximum atomic E-state index is 5.81. The van der Waals surface area contributed by atoms with Crippen LogP contribution in [0.3, 0.4) is 0 Å². The van der Waals surface area contributed by atoms with Gasteiger partial charge in [-0.25, -0.2) is 9.97 Å². The lowest BCUT2D eigenvalue weighted by molar-refractivity contribution is 0.662. The Hall–Kier alpha value is -1.91. The Labute approximate surface area is 101 Å². The van der Waals surface area contributed by atoms with Crippen molar-refractivity contribution in [3.05, 3.63) is 24.0 Å². The van der Waals surface area contributed by atoms with Crippen molar-refractivity contribution >= 4 is 5.82 Å². The summed E-state index contributed by atoms with van der Waals surface area (Å²) in [6, 6.07) is 3.73. The molecular weight excluding hydrogens is 214 g/mol. The molecule has 0 aromatic carbocycles. The number of anilines is 1. The molecule has 17 heavy (non-hydrogen) atoms. The number of aryl methyl sites for hydroxylation is 1. The van der Waals surface area contributed by atoms with Gasteiger partial charge in [-0.05, 0) is 18.9 Å². The topological polar surface area (TPSA) is 69.6 Å². The molecule has 0 fully saturated rings. The van der Waals surface area contributed by atoms with E-state index in [9.17, 15) is 0 Å².